The Morgan fingerprint density at radius 3 is 2.40 bits per heavy atom. The van der Waals surface area contributed by atoms with Crippen LogP contribution in [-0.2, 0) is 11.0 Å². The highest BCUT2D eigenvalue weighted by atomic mass is 32.1. The molecule has 2 aromatic carbocycles. The van der Waals surface area contributed by atoms with Crippen LogP contribution in [-0.4, -0.2) is 54.8 Å². The molecule has 5 rings (SSSR count). The van der Waals surface area contributed by atoms with Crippen molar-refractivity contribution in [1.82, 2.24) is 9.80 Å². The maximum absolute atomic E-state index is 13.9. The molecule has 0 radical (unpaired) electrons. The molecule has 2 amide bonds. The van der Waals surface area contributed by atoms with Gasteiger partial charge in [0.25, 0.3) is 5.91 Å². The number of amides is 2. The molecule has 1 aromatic heterocycles. The maximum Gasteiger partial charge on any atom is 0.416 e. The predicted octanol–water partition coefficient (Wildman–Crippen LogP) is 5.03. The molecule has 3 aromatic rings. The van der Waals surface area contributed by atoms with Gasteiger partial charge in [-0.3, -0.25) is 9.59 Å². The molecule has 3 heterocycles. The Morgan fingerprint density at radius 1 is 0.971 bits per heavy atom. The van der Waals surface area contributed by atoms with Crippen LogP contribution in [0, 0.1) is 0 Å². The molecule has 0 bridgehead atoms. The summed E-state index contributed by atoms with van der Waals surface area (Å²) < 4.78 is 39.4. The Bertz CT molecular complexity index is 1240. The van der Waals surface area contributed by atoms with E-state index in [4.69, 9.17) is 0 Å². The van der Waals surface area contributed by atoms with Gasteiger partial charge >= 0.3 is 6.18 Å². The zero-order chi connectivity index (χ0) is 24.7. The Labute approximate surface area is 205 Å². The number of carbonyl (C=O) groups excluding carboxylic acids is 2. The first kappa shape index (κ1) is 23.4. The van der Waals surface area contributed by atoms with Gasteiger partial charge in [-0.25, -0.2) is 0 Å². The van der Waals surface area contributed by atoms with Crippen molar-refractivity contribution in [3.8, 4) is 0 Å². The smallest absolute Gasteiger partial charge is 0.368 e. The highest BCUT2D eigenvalue weighted by molar-refractivity contribution is 7.10. The Balaban J connectivity index is 1.40. The SMILES string of the molecule is CN1C(=O)c2ccccc2[C@H](C(=O)N2CCN(c3cccc(C(F)(F)F)c3)CC2)[C@@H]1c1cccs1. The third-order valence-electron chi connectivity index (χ3n) is 6.81. The van der Waals surface area contributed by atoms with Crippen LogP contribution in [0.15, 0.2) is 66.0 Å². The number of nitrogens with zero attached hydrogens (tertiary/aromatic N) is 3. The van der Waals surface area contributed by atoms with Crippen LogP contribution in [0.2, 0.25) is 0 Å². The first-order valence-electron chi connectivity index (χ1n) is 11.4. The van der Waals surface area contributed by atoms with Crippen molar-refractivity contribution in [2.24, 2.45) is 0 Å². The van der Waals surface area contributed by atoms with E-state index in [1.165, 1.54) is 17.4 Å². The normalized spacial score (nSPS) is 20.7. The molecule has 2 aliphatic rings. The van der Waals surface area contributed by atoms with Gasteiger partial charge in [0.1, 0.15) is 0 Å². The van der Waals surface area contributed by atoms with Crippen LogP contribution < -0.4 is 4.90 Å². The molecular formula is C26H24F3N3O2S. The van der Waals surface area contributed by atoms with E-state index >= 15 is 0 Å². The van der Waals surface area contributed by atoms with Crippen molar-refractivity contribution in [3.63, 3.8) is 0 Å². The largest absolute Gasteiger partial charge is 0.416 e. The van der Waals surface area contributed by atoms with E-state index in [1.54, 1.807) is 35.0 Å². The van der Waals surface area contributed by atoms with E-state index in [0.29, 0.717) is 37.4 Å². The van der Waals surface area contributed by atoms with E-state index in [0.717, 1.165) is 22.6 Å². The second kappa shape index (κ2) is 9.03. The van der Waals surface area contributed by atoms with Crippen LogP contribution in [0.4, 0.5) is 18.9 Å². The van der Waals surface area contributed by atoms with Gasteiger partial charge in [-0.05, 0) is 41.3 Å². The second-order valence-corrected chi connectivity index (χ2v) is 9.78. The fraction of sp³-hybridized carbons (Fsp3) is 0.308. The first-order chi connectivity index (χ1) is 16.8. The van der Waals surface area contributed by atoms with Crippen LogP contribution in [0.25, 0.3) is 0 Å². The quantitative estimate of drug-likeness (QED) is 0.508. The fourth-order valence-electron chi connectivity index (χ4n) is 5.02. The van der Waals surface area contributed by atoms with Crippen molar-refractivity contribution in [3.05, 3.63) is 87.6 Å². The lowest BCUT2D eigenvalue weighted by molar-refractivity contribution is -0.137. The summed E-state index contributed by atoms with van der Waals surface area (Å²) in [5.74, 6) is -0.732. The summed E-state index contributed by atoms with van der Waals surface area (Å²) in [6.45, 7) is 1.64. The molecule has 1 saturated heterocycles. The minimum atomic E-state index is -4.40. The standard InChI is InChI=1S/C26H24F3N3O2S/c1-30-23(21-10-5-15-35-21)22(19-8-2-3-9-20(19)24(30)33)25(34)32-13-11-31(12-14-32)18-7-4-6-17(16-18)26(27,28)29/h2-10,15-16,22-23H,11-14H2,1H3/t22-,23-/m0/s1. The van der Waals surface area contributed by atoms with Crippen molar-refractivity contribution in [2.45, 2.75) is 18.1 Å². The lowest BCUT2D eigenvalue weighted by Gasteiger charge is -2.43. The number of alkyl halides is 3. The highest BCUT2D eigenvalue weighted by Crippen LogP contribution is 2.44. The lowest BCUT2D eigenvalue weighted by Crippen LogP contribution is -2.53. The van der Waals surface area contributed by atoms with E-state index < -0.39 is 23.7 Å². The van der Waals surface area contributed by atoms with Gasteiger partial charge in [0.2, 0.25) is 5.91 Å². The minimum Gasteiger partial charge on any atom is -0.368 e. The summed E-state index contributed by atoms with van der Waals surface area (Å²) in [5.41, 5.74) is 1.07. The molecule has 0 saturated carbocycles. The Hall–Kier alpha value is -3.33. The number of halogens is 3. The highest BCUT2D eigenvalue weighted by Gasteiger charge is 2.44. The van der Waals surface area contributed by atoms with Crippen LogP contribution in [0.5, 0.6) is 0 Å². The number of fused-ring (bicyclic) bond motifs is 1. The van der Waals surface area contributed by atoms with E-state index in [1.807, 2.05) is 34.5 Å². The zero-order valence-corrected chi connectivity index (χ0v) is 19.9. The molecule has 0 N–H and O–H groups in total. The molecule has 2 atom stereocenters. The second-order valence-electron chi connectivity index (χ2n) is 8.80. The lowest BCUT2D eigenvalue weighted by atomic mass is 9.81. The topological polar surface area (TPSA) is 43.9 Å². The van der Waals surface area contributed by atoms with Gasteiger partial charge < -0.3 is 14.7 Å². The number of piperazine rings is 1. The summed E-state index contributed by atoms with van der Waals surface area (Å²) in [4.78, 5) is 33.2. The van der Waals surface area contributed by atoms with Gasteiger partial charge in [-0.15, -0.1) is 11.3 Å². The molecule has 182 valence electrons. The molecule has 1 fully saturated rings. The summed E-state index contributed by atoms with van der Waals surface area (Å²) >= 11 is 1.51. The maximum atomic E-state index is 13.9. The third kappa shape index (κ3) is 4.29. The number of anilines is 1. The van der Waals surface area contributed by atoms with Gasteiger partial charge in [0.05, 0.1) is 17.5 Å². The van der Waals surface area contributed by atoms with Gasteiger partial charge in [-0.2, -0.15) is 13.2 Å². The van der Waals surface area contributed by atoms with E-state index in [9.17, 15) is 22.8 Å². The monoisotopic (exact) mass is 499 g/mol. The van der Waals surface area contributed by atoms with Crippen LogP contribution in [0.1, 0.15) is 38.3 Å². The van der Waals surface area contributed by atoms with Crippen molar-refractivity contribution in [1.29, 1.82) is 0 Å². The first-order valence-corrected chi connectivity index (χ1v) is 12.2. The predicted molar refractivity (Wildman–Crippen MR) is 129 cm³/mol. The molecule has 0 aliphatic carbocycles. The summed E-state index contributed by atoms with van der Waals surface area (Å²) in [6, 6.07) is 16.0. The van der Waals surface area contributed by atoms with Crippen molar-refractivity contribution in [2.75, 3.05) is 38.1 Å². The number of hydrogen-bond donors (Lipinski definition) is 0. The molecule has 2 aliphatic heterocycles. The van der Waals surface area contributed by atoms with Crippen LogP contribution in [0.3, 0.4) is 0 Å². The third-order valence-corrected chi connectivity index (χ3v) is 7.75. The Kier molecular flexibility index (Phi) is 6.04. The number of rotatable bonds is 3. The molecule has 9 heteroatoms. The number of thiophene rings is 1. The molecule has 0 spiro atoms. The summed E-state index contributed by atoms with van der Waals surface area (Å²) in [7, 11) is 1.73. The van der Waals surface area contributed by atoms with Crippen LogP contribution >= 0.6 is 11.3 Å². The van der Waals surface area contributed by atoms with Crippen molar-refractivity contribution >= 4 is 28.8 Å². The van der Waals surface area contributed by atoms with Crippen molar-refractivity contribution < 1.29 is 22.8 Å². The number of carbonyl (C=O) groups is 2. The number of hydrogen-bond acceptors (Lipinski definition) is 4. The fourth-order valence-corrected chi connectivity index (χ4v) is 5.92. The van der Waals surface area contributed by atoms with Gasteiger partial charge in [0, 0.05) is 49.4 Å². The molecule has 5 nitrogen and oxygen atoms in total. The molecule has 35 heavy (non-hydrogen) atoms. The van der Waals surface area contributed by atoms with E-state index in [-0.39, 0.29) is 11.8 Å². The van der Waals surface area contributed by atoms with Gasteiger partial charge in [0.15, 0.2) is 0 Å². The number of benzene rings is 2. The average molecular weight is 500 g/mol. The average Bonchev–Trinajstić information content (AvgIpc) is 3.40. The molecular weight excluding hydrogens is 475 g/mol. The summed E-state index contributed by atoms with van der Waals surface area (Å²) in [5, 5.41) is 1.93. The molecule has 0 unspecified atom stereocenters. The summed E-state index contributed by atoms with van der Waals surface area (Å²) in [6.07, 6.45) is -4.40. The van der Waals surface area contributed by atoms with Gasteiger partial charge in [-0.1, -0.05) is 30.3 Å². The number of likely N-dealkylation sites (N-methyl/N-ethyl adjacent to an activating group) is 1. The minimum absolute atomic E-state index is 0.0705. The van der Waals surface area contributed by atoms with E-state index in [2.05, 4.69) is 0 Å². The Morgan fingerprint density at radius 2 is 1.71 bits per heavy atom. The zero-order valence-electron chi connectivity index (χ0n) is 19.0.